The fourth-order valence-corrected chi connectivity index (χ4v) is 3.30. The first-order valence-electron chi connectivity index (χ1n) is 9.70. The molecule has 1 saturated heterocycles. The summed E-state index contributed by atoms with van der Waals surface area (Å²) >= 11 is 0. The Hall–Kier alpha value is -3.21. The Morgan fingerprint density at radius 3 is 2.87 bits per heavy atom. The number of hydrogen-bond donors (Lipinski definition) is 0. The van der Waals surface area contributed by atoms with Crippen molar-refractivity contribution in [1.29, 1.82) is 0 Å². The number of alkyl halides is 3. The molecule has 164 valence electrons. The number of carbonyl (C=O) groups excluding carboxylic acids is 1. The zero-order valence-electron chi connectivity index (χ0n) is 16.7. The number of nitrogens with zero attached hydrogens (tertiary/aromatic N) is 5. The molecule has 1 fully saturated rings. The Labute approximate surface area is 175 Å². The second kappa shape index (κ2) is 8.50. The first-order valence-corrected chi connectivity index (χ1v) is 9.70. The molecule has 0 unspecified atom stereocenters. The predicted octanol–water partition coefficient (Wildman–Crippen LogP) is 3.25. The number of hydrogen-bond acceptors (Lipinski definition) is 6. The lowest BCUT2D eigenvalue weighted by atomic mass is 10.1. The van der Waals surface area contributed by atoms with Crippen LogP contribution >= 0.6 is 0 Å². The van der Waals surface area contributed by atoms with Crippen molar-refractivity contribution in [2.45, 2.75) is 32.2 Å². The number of ether oxygens (including phenoxy) is 1. The van der Waals surface area contributed by atoms with Gasteiger partial charge in [0.25, 0.3) is 5.89 Å². The number of aromatic nitrogens is 4. The number of benzene rings is 1. The van der Waals surface area contributed by atoms with E-state index in [1.807, 2.05) is 19.2 Å². The van der Waals surface area contributed by atoms with Crippen LogP contribution in [0.25, 0.3) is 11.4 Å². The molecule has 8 nitrogen and oxygen atoms in total. The van der Waals surface area contributed by atoms with Crippen LogP contribution in [-0.2, 0) is 22.3 Å². The number of halogens is 3. The first-order chi connectivity index (χ1) is 14.8. The maximum atomic E-state index is 12.9. The van der Waals surface area contributed by atoms with Crippen molar-refractivity contribution >= 4 is 5.91 Å². The normalized spacial score (nSPS) is 17.2. The molecule has 0 spiro atoms. The van der Waals surface area contributed by atoms with E-state index in [0.29, 0.717) is 19.7 Å². The van der Waals surface area contributed by atoms with Crippen LogP contribution in [0.1, 0.15) is 29.7 Å². The number of carbonyl (C=O) groups is 1. The van der Waals surface area contributed by atoms with Crippen LogP contribution in [0.4, 0.5) is 13.2 Å². The minimum atomic E-state index is -4.47. The third-order valence-electron chi connectivity index (χ3n) is 4.91. The largest absolute Gasteiger partial charge is 0.416 e. The zero-order chi connectivity index (χ0) is 22.0. The molecular weight excluding hydrogens is 415 g/mol. The standard InChI is InChI=1S/C20H20F3N5O3/c1-13-5-7-28(25-13)8-6-17(29)27-9-10-30-16(12-27)19-24-18(26-31-19)14-3-2-4-15(11-14)20(21,22)23/h2-5,7,11,16H,6,8-10,12H2,1H3/t16-/m1/s1. The smallest absolute Gasteiger partial charge is 0.365 e. The zero-order valence-corrected chi connectivity index (χ0v) is 16.7. The van der Waals surface area contributed by atoms with Crippen molar-refractivity contribution in [3.8, 4) is 11.4 Å². The number of aryl methyl sites for hydroxylation is 2. The summed E-state index contributed by atoms with van der Waals surface area (Å²) in [6.07, 6.45) is -3.01. The van der Waals surface area contributed by atoms with Gasteiger partial charge < -0.3 is 14.2 Å². The van der Waals surface area contributed by atoms with E-state index in [-0.39, 0.29) is 36.2 Å². The van der Waals surface area contributed by atoms with Crippen LogP contribution in [0.2, 0.25) is 0 Å². The summed E-state index contributed by atoms with van der Waals surface area (Å²) in [6, 6.07) is 6.56. The van der Waals surface area contributed by atoms with E-state index in [0.717, 1.165) is 17.8 Å². The summed E-state index contributed by atoms with van der Waals surface area (Å²) in [5, 5.41) is 8.05. The molecule has 1 aromatic carbocycles. The Kier molecular flexibility index (Phi) is 5.77. The molecule has 4 rings (SSSR count). The van der Waals surface area contributed by atoms with Crippen LogP contribution in [0.3, 0.4) is 0 Å². The highest BCUT2D eigenvalue weighted by molar-refractivity contribution is 5.76. The summed E-state index contributed by atoms with van der Waals surface area (Å²) < 4.78 is 51.4. The Bertz CT molecular complexity index is 1060. The molecular formula is C20H20F3N5O3. The van der Waals surface area contributed by atoms with Crippen molar-refractivity contribution in [2.75, 3.05) is 19.7 Å². The van der Waals surface area contributed by atoms with Gasteiger partial charge in [-0.05, 0) is 25.1 Å². The molecule has 1 amide bonds. The maximum absolute atomic E-state index is 12.9. The van der Waals surface area contributed by atoms with Crippen molar-refractivity contribution < 1.29 is 27.2 Å². The average Bonchev–Trinajstić information content (AvgIpc) is 3.41. The van der Waals surface area contributed by atoms with E-state index >= 15 is 0 Å². The molecule has 31 heavy (non-hydrogen) atoms. The Morgan fingerprint density at radius 1 is 1.29 bits per heavy atom. The lowest BCUT2D eigenvalue weighted by molar-refractivity contribution is -0.140. The minimum absolute atomic E-state index is 0.0298. The molecule has 0 radical (unpaired) electrons. The van der Waals surface area contributed by atoms with Gasteiger partial charge in [0, 0.05) is 31.3 Å². The van der Waals surface area contributed by atoms with Gasteiger partial charge in [-0.3, -0.25) is 9.48 Å². The highest BCUT2D eigenvalue weighted by Gasteiger charge is 2.32. The number of rotatable bonds is 5. The van der Waals surface area contributed by atoms with E-state index in [2.05, 4.69) is 15.2 Å². The monoisotopic (exact) mass is 435 g/mol. The van der Waals surface area contributed by atoms with Crippen LogP contribution in [0, 0.1) is 6.92 Å². The quantitative estimate of drug-likeness (QED) is 0.612. The van der Waals surface area contributed by atoms with Gasteiger partial charge in [0.1, 0.15) is 0 Å². The van der Waals surface area contributed by atoms with E-state index < -0.39 is 17.8 Å². The van der Waals surface area contributed by atoms with E-state index in [9.17, 15) is 18.0 Å². The Morgan fingerprint density at radius 2 is 2.13 bits per heavy atom. The third-order valence-corrected chi connectivity index (χ3v) is 4.91. The van der Waals surface area contributed by atoms with Gasteiger partial charge in [-0.2, -0.15) is 23.3 Å². The number of morpholine rings is 1. The summed E-state index contributed by atoms with van der Waals surface area (Å²) in [6.45, 7) is 3.29. The maximum Gasteiger partial charge on any atom is 0.416 e. The summed E-state index contributed by atoms with van der Waals surface area (Å²) in [4.78, 5) is 18.4. The van der Waals surface area contributed by atoms with Gasteiger partial charge in [-0.25, -0.2) is 0 Å². The third kappa shape index (κ3) is 4.93. The van der Waals surface area contributed by atoms with Crippen LogP contribution in [0.15, 0.2) is 41.1 Å². The highest BCUT2D eigenvalue weighted by atomic mass is 19.4. The molecule has 3 heterocycles. The minimum Gasteiger partial charge on any atom is -0.365 e. The lowest BCUT2D eigenvalue weighted by Crippen LogP contribution is -2.42. The van der Waals surface area contributed by atoms with Crippen molar-refractivity contribution in [3.05, 3.63) is 53.7 Å². The Balaban J connectivity index is 1.41. The van der Waals surface area contributed by atoms with Crippen molar-refractivity contribution in [3.63, 3.8) is 0 Å². The average molecular weight is 435 g/mol. The summed E-state index contributed by atoms with van der Waals surface area (Å²) in [5.74, 6) is 0.0916. The molecule has 0 aliphatic carbocycles. The highest BCUT2D eigenvalue weighted by Crippen LogP contribution is 2.32. The van der Waals surface area contributed by atoms with E-state index in [1.54, 1.807) is 9.58 Å². The van der Waals surface area contributed by atoms with Gasteiger partial charge in [-0.15, -0.1) is 0 Å². The van der Waals surface area contributed by atoms with Crippen LogP contribution in [-0.4, -0.2) is 50.4 Å². The van der Waals surface area contributed by atoms with E-state index in [4.69, 9.17) is 9.26 Å². The first kappa shape index (κ1) is 21.0. The van der Waals surface area contributed by atoms with Crippen LogP contribution in [0.5, 0.6) is 0 Å². The van der Waals surface area contributed by atoms with Gasteiger partial charge >= 0.3 is 6.18 Å². The molecule has 2 aromatic heterocycles. The molecule has 3 aromatic rings. The van der Waals surface area contributed by atoms with Crippen LogP contribution < -0.4 is 0 Å². The fraction of sp³-hybridized carbons (Fsp3) is 0.400. The molecule has 1 aliphatic heterocycles. The van der Waals surface area contributed by atoms with Gasteiger partial charge in [0.2, 0.25) is 11.7 Å². The SMILES string of the molecule is Cc1ccn(CCC(=O)N2CCO[C@@H](c3nc(-c4cccc(C(F)(F)F)c4)no3)C2)n1. The molecule has 0 N–H and O–H groups in total. The number of amides is 1. The summed E-state index contributed by atoms with van der Waals surface area (Å²) in [5.41, 5.74) is 0.268. The molecule has 11 heteroatoms. The topological polar surface area (TPSA) is 86.3 Å². The van der Waals surface area contributed by atoms with Gasteiger partial charge in [-0.1, -0.05) is 17.3 Å². The second-order valence-corrected chi connectivity index (χ2v) is 7.20. The lowest BCUT2D eigenvalue weighted by Gasteiger charge is -2.31. The van der Waals surface area contributed by atoms with Gasteiger partial charge in [0.15, 0.2) is 6.10 Å². The molecule has 1 atom stereocenters. The predicted molar refractivity (Wildman–Crippen MR) is 102 cm³/mol. The molecule has 0 saturated carbocycles. The van der Waals surface area contributed by atoms with Crippen molar-refractivity contribution in [2.24, 2.45) is 0 Å². The van der Waals surface area contributed by atoms with Crippen molar-refractivity contribution in [1.82, 2.24) is 24.8 Å². The fourth-order valence-electron chi connectivity index (χ4n) is 3.30. The molecule has 0 bridgehead atoms. The van der Waals surface area contributed by atoms with Gasteiger partial charge in [0.05, 0.1) is 24.4 Å². The second-order valence-electron chi connectivity index (χ2n) is 7.20. The molecule has 1 aliphatic rings. The summed E-state index contributed by atoms with van der Waals surface area (Å²) in [7, 11) is 0. The van der Waals surface area contributed by atoms with E-state index in [1.165, 1.54) is 12.1 Å².